The van der Waals surface area contributed by atoms with Gasteiger partial charge in [0, 0.05) is 24.0 Å². The first-order valence-electron chi connectivity index (χ1n) is 9.23. The minimum absolute atomic E-state index is 0.168. The molecule has 23 heavy (non-hydrogen) atoms. The Kier molecular flexibility index (Phi) is 3.01. The number of carbonyl (C=O) groups excluding carboxylic acids is 1. The van der Waals surface area contributed by atoms with Crippen LogP contribution in [0.25, 0.3) is 0 Å². The van der Waals surface area contributed by atoms with Crippen LogP contribution in [0.1, 0.15) is 73.1 Å². The third kappa shape index (κ3) is 1.95. The molecule has 1 saturated heterocycles. The molecule has 3 nitrogen and oxygen atoms in total. The molecular weight excluding hydrogens is 288 g/mol. The first-order valence-corrected chi connectivity index (χ1v) is 9.23. The van der Waals surface area contributed by atoms with Gasteiger partial charge in [-0.15, -0.1) is 0 Å². The fraction of sp³-hybridized carbons (Fsp3) is 0.850. The van der Waals surface area contributed by atoms with Gasteiger partial charge in [-0.3, -0.25) is 0 Å². The molecule has 2 aliphatic carbocycles. The maximum atomic E-state index is 11.8. The fourth-order valence-corrected chi connectivity index (χ4v) is 6.73. The zero-order chi connectivity index (χ0) is 16.7. The Bertz CT molecular complexity index is 592. The van der Waals surface area contributed by atoms with Gasteiger partial charge >= 0.3 is 5.97 Å². The molecule has 0 unspecified atom stereocenters. The van der Waals surface area contributed by atoms with Crippen LogP contribution in [-0.4, -0.2) is 17.4 Å². The number of fused-ring (bicyclic) bond motifs is 3. The van der Waals surface area contributed by atoms with E-state index in [2.05, 4.69) is 27.7 Å². The van der Waals surface area contributed by atoms with Crippen LogP contribution in [0.4, 0.5) is 0 Å². The van der Waals surface area contributed by atoms with Gasteiger partial charge in [-0.25, -0.2) is 4.79 Å². The van der Waals surface area contributed by atoms with Gasteiger partial charge in [0.05, 0.1) is 5.60 Å². The minimum atomic E-state index is -0.782. The van der Waals surface area contributed by atoms with Gasteiger partial charge in [0.15, 0.2) is 0 Å². The van der Waals surface area contributed by atoms with Gasteiger partial charge in [0.1, 0.15) is 0 Å². The van der Waals surface area contributed by atoms with Crippen LogP contribution in [0.5, 0.6) is 0 Å². The summed E-state index contributed by atoms with van der Waals surface area (Å²) in [6.07, 6.45) is 8.66. The lowest BCUT2D eigenvalue weighted by atomic mass is 9.45. The lowest BCUT2D eigenvalue weighted by Gasteiger charge is -2.60. The molecule has 0 aromatic rings. The summed E-state index contributed by atoms with van der Waals surface area (Å²) in [4.78, 5) is 11.8. The molecule has 5 atom stereocenters. The Morgan fingerprint density at radius 3 is 2.48 bits per heavy atom. The van der Waals surface area contributed by atoms with E-state index in [4.69, 9.17) is 9.47 Å². The van der Waals surface area contributed by atoms with Gasteiger partial charge in [0.25, 0.3) is 0 Å². The normalized spacial score (nSPS) is 51.2. The molecule has 0 amide bonds. The lowest BCUT2D eigenvalue weighted by molar-refractivity contribution is -0.226. The van der Waals surface area contributed by atoms with Crippen molar-refractivity contribution >= 4 is 5.97 Å². The molecule has 3 heteroatoms. The van der Waals surface area contributed by atoms with E-state index in [0.29, 0.717) is 11.3 Å². The van der Waals surface area contributed by atoms with Crippen molar-refractivity contribution in [3.05, 3.63) is 11.6 Å². The molecule has 3 fully saturated rings. The Labute approximate surface area is 139 Å². The summed E-state index contributed by atoms with van der Waals surface area (Å²) in [5, 5.41) is 0. The van der Waals surface area contributed by atoms with Crippen molar-refractivity contribution in [3.8, 4) is 0 Å². The topological polar surface area (TPSA) is 35.5 Å². The highest BCUT2D eigenvalue weighted by Crippen LogP contribution is 2.68. The van der Waals surface area contributed by atoms with Gasteiger partial charge < -0.3 is 9.47 Å². The van der Waals surface area contributed by atoms with Gasteiger partial charge in [-0.1, -0.05) is 27.2 Å². The molecule has 0 bridgehead atoms. The van der Waals surface area contributed by atoms with Crippen LogP contribution in [0, 0.1) is 22.7 Å². The van der Waals surface area contributed by atoms with E-state index < -0.39 is 5.79 Å². The van der Waals surface area contributed by atoms with E-state index in [-0.39, 0.29) is 17.0 Å². The highest BCUT2D eigenvalue weighted by Gasteiger charge is 2.67. The molecule has 2 aliphatic heterocycles. The molecule has 2 saturated carbocycles. The third-order valence-corrected chi connectivity index (χ3v) is 7.81. The van der Waals surface area contributed by atoms with Crippen LogP contribution in [0.2, 0.25) is 0 Å². The summed E-state index contributed by atoms with van der Waals surface area (Å²) in [6, 6.07) is 0. The van der Waals surface area contributed by atoms with E-state index in [1.165, 1.54) is 25.7 Å². The van der Waals surface area contributed by atoms with Crippen molar-refractivity contribution in [1.29, 1.82) is 0 Å². The Balaban J connectivity index is 1.74. The summed E-state index contributed by atoms with van der Waals surface area (Å²) in [5.74, 6) is 0.177. The predicted octanol–water partition coefficient (Wildman–Crippen LogP) is 4.61. The largest absolute Gasteiger partial charge is 0.426 e. The summed E-state index contributed by atoms with van der Waals surface area (Å²) in [7, 11) is 0. The highest BCUT2D eigenvalue weighted by molar-refractivity contribution is 5.86. The number of ether oxygens (including phenoxy) is 2. The zero-order valence-corrected chi connectivity index (χ0v) is 15.2. The smallest absolute Gasteiger partial charge is 0.333 e. The molecule has 4 aliphatic rings. The van der Waals surface area contributed by atoms with Crippen LogP contribution in [0.3, 0.4) is 0 Å². The second-order valence-electron chi connectivity index (χ2n) is 9.61. The quantitative estimate of drug-likeness (QED) is 0.612. The zero-order valence-electron chi connectivity index (χ0n) is 15.2. The molecular formula is C20H30O3. The second-order valence-corrected chi connectivity index (χ2v) is 9.61. The average molecular weight is 318 g/mol. The van der Waals surface area contributed by atoms with E-state index in [1.807, 2.05) is 6.92 Å². The number of hydrogen-bond acceptors (Lipinski definition) is 3. The van der Waals surface area contributed by atoms with Crippen molar-refractivity contribution in [1.82, 2.24) is 0 Å². The lowest BCUT2D eigenvalue weighted by Crippen LogP contribution is -2.55. The van der Waals surface area contributed by atoms with Crippen LogP contribution in [-0.2, 0) is 14.3 Å². The van der Waals surface area contributed by atoms with E-state index in [0.717, 1.165) is 24.3 Å². The molecule has 128 valence electrons. The van der Waals surface area contributed by atoms with E-state index in [1.54, 1.807) is 6.08 Å². The fourth-order valence-electron chi connectivity index (χ4n) is 6.73. The Morgan fingerprint density at radius 1 is 1.09 bits per heavy atom. The maximum Gasteiger partial charge on any atom is 0.333 e. The molecule has 0 aromatic heterocycles. The first kappa shape index (κ1) is 15.7. The number of hydrogen-bond donors (Lipinski definition) is 0. The molecule has 4 rings (SSSR count). The SMILES string of the molecule is CC1=CC(=O)O[C@@]12C[C@@H]1[C@@]3(C)CCCC(C)(C)[C@@H]3CC[C@@]1(C)O2. The molecule has 2 heterocycles. The minimum Gasteiger partial charge on any atom is -0.426 e. The summed E-state index contributed by atoms with van der Waals surface area (Å²) < 4.78 is 12.3. The monoisotopic (exact) mass is 318 g/mol. The van der Waals surface area contributed by atoms with Crippen molar-refractivity contribution < 1.29 is 14.3 Å². The summed E-state index contributed by atoms with van der Waals surface area (Å²) in [5.41, 5.74) is 1.47. The molecule has 0 radical (unpaired) electrons. The van der Waals surface area contributed by atoms with Crippen LogP contribution in [0.15, 0.2) is 11.6 Å². The van der Waals surface area contributed by atoms with Crippen molar-refractivity contribution in [2.45, 2.75) is 84.5 Å². The number of esters is 1. The van der Waals surface area contributed by atoms with Crippen LogP contribution < -0.4 is 0 Å². The highest BCUT2D eigenvalue weighted by atomic mass is 16.7. The summed E-state index contributed by atoms with van der Waals surface area (Å²) in [6.45, 7) is 11.6. The van der Waals surface area contributed by atoms with Crippen molar-refractivity contribution in [2.75, 3.05) is 0 Å². The van der Waals surface area contributed by atoms with Gasteiger partial charge in [0.2, 0.25) is 5.79 Å². The van der Waals surface area contributed by atoms with Gasteiger partial charge in [-0.05, 0) is 56.3 Å². The van der Waals surface area contributed by atoms with E-state index in [9.17, 15) is 4.79 Å². The Morgan fingerprint density at radius 2 is 1.83 bits per heavy atom. The Hall–Kier alpha value is -0.830. The molecule has 0 N–H and O–H groups in total. The predicted molar refractivity (Wildman–Crippen MR) is 88.6 cm³/mol. The van der Waals surface area contributed by atoms with Crippen molar-refractivity contribution in [2.24, 2.45) is 22.7 Å². The summed E-state index contributed by atoms with van der Waals surface area (Å²) >= 11 is 0. The molecule has 0 aromatic carbocycles. The third-order valence-electron chi connectivity index (χ3n) is 7.81. The van der Waals surface area contributed by atoms with Crippen LogP contribution >= 0.6 is 0 Å². The standard InChI is InChI=1S/C20H30O3/c1-13-11-16(21)22-20(13)12-15-18(4)9-6-8-17(2,3)14(18)7-10-19(15,5)23-20/h11,14-15H,6-10,12H2,1-5H3/t14-,15+,18-,19+,20+/m0/s1. The second kappa shape index (κ2) is 4.41. The van der Waals surface area contributed by atoms with E-state index >= 15 is 0 Å². The van der Waals surface area contributed by atoms with Crippen molar-refractivity contribution in [3.63, 3.8) is 0 Å². The maximum absolute atomic E-state index is 11.8. The number of rotatable bonds is 0. The number of carbonyl (C=O) groups is 1. The molecule has 1 spiro atoms. The average Bonchev–Trinajstić information content (AvgIpc) is 2.86. The van der Waals surface area contributed by atoms with Gasteiger partial charge in [-0.2, -0.15) is 0 Å². The first-order chi connectivity index (χ1) is 10.6.